The van der Waals surface area contributed by atoms with Crippen molar-refractivity contribution in [3.8, 4) is 0 Å². The van der Waals surface area contributed by atoms with Crippen LogP contribution in [0, 0.1) is 0 Å². The van der Waals surface area contributed by atoms with E-state index in [0.717, 1.165) is 0 Å². The minimum absolute atomic E-state index is 0.284. The topological polar surface area (TPSA) is 75.3 Å². The Labute approximate surface area is 101 Å². The molecule has 0 aromatic carbocycles. The fraction of sp³-hybridized carbons (Fsp3) is 0.700. The first kappa shape index (κ1) is 12.5. The molecule has 17 heavy (non-hydrogen) atoms. The molecule has 6 nitrogen and oxygen atoms in total. The molecule has 0 radical (unpaired) electrons. The molecule has 1 N–H and O–H groups in total. The van der Waals surface area contributed by atoms with Crippen LogP contribution < -0.4 is 0 Å². The molecule has 0 unspecified atom stereocenters. The Morgan fingerprint density at radius 1 is 1.53 bits per heavy atom. The van der Waals surface area contributed by atoms with Crippen molar-refractivity contribution in [1.29, 1.82) is 0 Å². The summed E-state index contributed by atoms with van der Waals surface area (Å²) in [5.41, 5.74) is 0. The number of nitrogens with zero attached hydrogens (tertiary/aromatic N) is 2. The maximum atomic E-state index is 12.2. The quantitative estimate of drug-likeness (QED) is 0.846. The molecule has 1 aromatic heterocycles. The van der Waals surface area contributed by atoms with Crippen LogP contribution in [0.25, 0.3) is 0 Å². The molecule has 1 aliphatic rings. The van der Waals surface area contributed by atoms with Gasteiger partial charge >= 0.3 is 0 Å². The van der Waals surface area contributed by atoms with Crippen LogP contribution in [0.1, 0.15) is 18.7 Å². The van der Waals surface area contributed by atoms with Gasteiger partial charge in [-0.1, -0.05) is 0 Å². The van der Waals surface area contributed by atoms with Gasteiger partial charge < -0.3 is 9.72 Å². The Kier molecular flexibility index (Phi) is 3.80. The minimum atomic E-state index is -3.24. The number of imidazole rings is 1. The molecule has 0 bridgehead atoms. The molecule has 1 aliphatic heterocycles. The number of aromatic nitrogens is 2. The first-order valence-electron chi connectivity index (χ1n) is 5.62. The van der Waals surface area contributed by atoms with E-state index in [1.54, 1.807) is 19.4 Å². The zero-order valence-corrected chi connectivity index (χ0v) is 10.6. The summed E-state index contributed by atoms with van der Waals surface area (Å²) < 4.78 is 31.0. The van der Waals surface area contributed by atoms with Crippen molar-refractivity contribution in [1.82, 2.24) is 14.3 Å². The number of hydrogen-bond donors (Lipinski definition) is 1. The second-order valence-corrected chi connectivity index (χ2v) is 6.47. The van der Waals surface area contributed by atoms with Crippen molar-refractivity contribution >= 4 is 10.0 Å². The van der Waals surface area contributed by atoms with Gasteiger partial charge in [0.25, 0.3) is 0 Å². The van der Waals surface area contributed by atoms with Crippen LogP contribution in [0.15, 0.2) is 12.4 Å². The second-order valence-electron chi connectivity index (χ2n) is 4.15. The van der Waals surface area contributed by atoms with E-state index < -0.39 is 10.0 Å². The van der Waals surface area contributed by atoms with Crippen molar-refractivity contribution in [2.24, 2.45) is 0 Å². The Bertz CT molecular complexity index is 437. The largest absolute Gasteiger partial charge is 0.381 e. The Morgan fingerprint density at radius 2 is 2.24 bits per heavy atom. The number of hydrogen-bond acceptors (Lipinski definition) is 4. The van der Waals surface area contributed by atoms with Crippen molar-refractivity contribution in [3.63, 3.8) is 0 Å². The number of H-pyrrole nitrogens is 1. The Hall–Kier alpha value is -0.920. The predicted octanol–water partition coefficient (Wildman–Crippen LogP) is 0.350. The summed E-state index contributed by atoms with van der Waals surface area (Å²) in [6.45, 7) is 1.34. The van der Waals surface area contributed by atoms with Gasteiger partial charge in [-0.2, -0.15) is 4.31 Å². The average Bonchev–Trinajstić information content (AvgIpc) is 2.83. The van der Waals surface area contributed by atoms with E-state index in [1.165, 1.54) is 4.31 Å². The van der Waals surface area contributed by atoms with E-state index in [-0.39, 0.29) is 11.8 Å². The molecule has 0 atom stereocenters. The molecule has 2 heterocycles. The highest BCUT2D eigenvalue weighted by Crippen LogP contribution is 2.19. The first-order valence-corrected chi connectivity index (χ1v) is 7.12. The SMILES string of the molecule is CN(Cc1ncc[nH]1)S(=O)(=O)C1CCOCC1. The third-order valence-electron chi connectivity index (χ3n) is 2.95. The van der Waals surface area contributed by atoms with Crippen LogP contribution in [0.4, 0.5) is 0 Å². The third kappa shape index (κ3) is 2.85. The summed E-state index contributed by atoms with van der Waals surface area (Å²) >= 11 is 0. The highest BCUT2D eigenvalue weighted by atomic mass is 32.2. The zero-order valence-electron chi connectivity index (χ0n) is 9.80. The van der Waals surface area contributed by atoms with Crippen LogP contribution in [-0.4, -0.2) is 48.2 Å². The molecule has 0 aliphatic carbocycles. The Balaban J connectivity index is 2.03. The van der Waals surface area contributed by atoms with Gasteiger partial charge in [0.2, 0.25) is 10.0 Å². The second kappa shape index (κ2) is 5.16. The summed E-state index contributed by atoms with van der Waals surface area (Å²) in [6, 6.07) is 0. The minimum Gasteiger partial charge on any atom is -0.381 e. The van der Waals surface area contributed by atoms with E-state index in [0.29, 0.717) is 31.9 Å². The van der Waals surface area contributed by atoms with E-state index >= 15 is 0 Å². The van der Waals surface area contributed by atoms with Crippen LogP contribution in [-0.2, 0) is 21.3 Å². The van der Waals surface area contributed by atoms with E-state index in [2.05, 4.69) is 9.97 Å². The van der Waals surface area contributed by atoms with Crippen molar-refractivity contribution < 1.29 is 13.2 Å². The standard InChI is InChI=1S/C10H17N3O3S/c1-13(8-10-11-4-5-12-10)17(14,15)9-2-6-16-7-3-9/h4-5,9H,2-3,6-8H2,1H3,(H,11,12). The number of aromatic amines is 1. The normalized spacial score (nSPS) is 18.7. The van der Waals surface area contributed by atoms with Crippen LogP contribution in [0.5, 0.6) is 0 Å². The van der Waals surface area contributed by atoms with Crippen molar-refractivity contribution in [3.05, 3.63) is 18.2 Å². The van der Waals surface area contributed by atoms with Crippen molar-refractivity contribution in [2.45, 2.75) is 24.6 Å². The molecular weight excluding hydrogens is 242 g/mol. The molecular formula is C10H17N3O3S. The molecule has 0 spiro atoms. The molecule has 2 rings (SSSR count). The number of ether oxygens (including phenoxy) is 1. The van der Waals surface area contributed by atoms with Gasteiger partial charge in [-0.3, -0.25) is 0 Å². The van der Waals surface area contributed by atoms with Gasteiger partial charge in [0.05, 0.1) is 11.8 Å². The fourth-order valence-corrected chi connectivity index (χ4v) is 3.51. The maximum Gasteiger partial charge on any atom is 0.217 e. The smallest absolute Gasteiger partial charge is 0.217 e. The Morgan fingerprint density at radius 3 is 2.82 bits per heavy atom. The van der Waals surface area contributed by atoms with Gasteiger partial charge in [0, 0.05) is 32.7 Å². The first-order chi connectivity index (χ1) is 8.10. The zero-order chi connectivity index (χ0) is 12.3. The summed E-state index contributed by atoms with van der Waals surface area (Å²) in [4.78, 5) is 6.93. The van der Waals surface area contributed by atoms with Gasteiger partial charge in [-0.15, -0.1) is 0 Å². The number of sulfonamides is 1. The molecule has 0 saturated carbocycles. The summed E-state index contributed by atoms with van der Waals surface area (Å²) in [5, 5.41) is -0.323. The van der Waals surface area contributed by atoms with Crippen LogP contribution >= 0.6 is 0 Å². The maximum absolute atomic E-state index is 12.2. The average molecular weight is 259 g/mol. The molecule has 1 saturated heterocycles. The molecule has 96 valence electrons. The molecule has 0 amide bonds. The van der Waals surface area contributed by atoms with Gasteiger partial charge in [0.1, 0.15) is 5.82 Å². The number of rotatable bonds is 4. The van der Waals surface area contributed by atoms with E-state index in [9.17, 15) is 8.42 Å². The number of nitrogens with one attached hydrogen (secondary N) is 1. The summed E-state index contributed by atoms with van der Waals surface area (Å²) in [5.74, 6) is 0.656. The highest BCUT2D eigenvalue weighted by Gasteiger charge is 2.31. The lowest BCUT2D eigenvalue weighted by atomic mass is 10.2. The summed E-state index contributed by atoms with van der Waals surface area (Å²) in [6.07, 6.45) is 4.45. The highest BCUT2D eigenvalue weighted by molar-refractivity contribution is 7.89. The summed E-state index contributed by atoms with van der Waals surface area (Å²) in [7, 11) is -1.65. The third-order valence-corrected chi connectivity index (χ3v) is 5.26. The lowest BCUT2D eigenvalue weighted by Gasteiger charge is -2.26. The fourth-order valence-electron chi connectivity index (χ4n) is 1.91. The molecule has 1 fully saturated rings. The monoisotopic (exact) mass is 259 g/mol. The van der Waals surface area contributed by atoms with Gasteiger partial charge in [-0.25, -0.2) is 13.4 Å². The van der Waals surface area contributed by atoms with Crippen LogP contribution in [0.3, 0.4) is 0 Å². The lowest BCUT2D eigenvalue weighted by Crippen LogP contribution is -2.39. The lowest BCUT2D eigenvalue weighted by molar-refractivity contribution is 0.0973. The van der Waals surface area contributed by atoms with E-state index in [1.807, 2.05) is 0 Å². The molecule has 1 aromatic rings. The van der Waals surface area contributed by atoms with E-state index in [4.69, 9.17) is 4.74 Å². The molecule has 7 heteroatoms. The van der Waals surface area contributed by atoms with Gasteiger partial charge in [-0.05, 0) is 12.8 Å². The predicted molar refractivity (Wildman–Crippen MR) is 62.8 cm³/mol. The van der Waals surface area contributed by atoms with Crippen molar-refractivity contribution in [2.75, 3.05) is 20.3 Å². The van der Waals surface area contributed by atoms with Gasteiger partial charge in [0.15, 0.2) is 0 Å². The van der Waals surface area contributed by atoms with Crippen LogP contribution in [0.2, 0.25) is 0 Å².